The summed E-state index contributed by atoms with van der Waals surface area (Å²) in [5.41, 5.74) is -0.231. The summed E-state index contributed by atoms with van der Waals surface area (Å²) >= 11 is 0. The average Bonchev–Trinajstić information content (AvgIpc) is 3.03. The van der Waals surface area contributed by atoms with E-state index < -0.39 is 32.6 Å². The summed E-state index contributed by atoms with van der Waals surface area (Å²) in [6, 6.07) is 0. The quantitative estimate of drug-likeness (QED) is 0.528. The Hall–Kier alpha value is -0.830. The molecule has 0 radical (unpaired) electrons. The number of carbonyl (C=O) groups is 1. The van der Waals surface area contributed by atoms with E-state index in [0.29, 0.717) is 25.7 Å². The van der Waals surface area contributed by atoms with Gasteiger partial charge in [-0.25, -0.2) is 8.42 Å². The van der Waals surface area contributed by atoms with Gasteiger partial charge in [0.1, 0.15) is 5.54 Å². The molecule has 0 aromatic carbocycles. The van der Waals surface area contributed by atoms with Crippen LogP contribution in [0.5, 0.6) is 0 Å². The first-order valence-electron chi connectivity index (χ1n) is 8.82. The van der Waals surface area contributed by atoms with E-state index in [2.05, 4.69) is 0 Å². The lowest BCUT2D eigenvalue weighted by Gasteiger charge is -2.31. The van der Waals surface area contributed by atoms with Crippen LogP contribution >= 0.6 is 0 Å². The van der Waals surface area contributed by atoms with Gasteiger partial charge < -0.3 is 10.8 Å². The fraction of sp³-hybridized carbons (Fsp3) is 0.938. The Bertz CT molecular complexity index is 530. The second-order valence-corrected chi connectivity index (χ2v) is 9.06. The van der Waals surface area contributed by atoms with Gasteiger partial charge in [0, 0.05) is 0 Å². The van der Waals surface area contributed by atoms with E-state index in [1.165, 1.54) is 0 Å². The molecule has 1 rings (SSSR count). The Morgan fingerprint density at radius 3 is 1.96 bits per heavy atom. The van der Waals surface area contributed by atoms with Gasteiger partial charge in [0.2, 0.25) is 9.84 Å². The Morgan fingerprint density at radius 1 is 1.00 bits per heavy atom. The van der Waals surface area contributed by atoms with Gasteiger partial charge in [-0.1, -0.05) is 44.9 Å². The van der Waals surface area contributed by atoms with Gasteiger partial charge in [0.05, 0.1) is 5.75 Å². The predicted octanol–water partition coefficient (Wildman–Crippen LogP) is 3.62. The van der Waals surface area contributed by atoms with Crippen LogP contribution in [-0.4, -0.2) is 36.3 Å². The molecule has 0 saturated heterocycles. The van der Waals surface area contributed by atoms with Crippen LogP contribution < -0.4 is 5.73 Å². The van der Waals surface area contributed by atoms with Crippen molar-refractivity contribution in [3.05, 3.63) is 0 Å². The van der Waals surface area contributed by atoms with E-state index in [9.17, 15) is 31.5 Å². The molecule has 1 aliphatic rings. The molecule has 0 aromatic rings. The number of alkyl halides is 3. The number of sulfone groups is 1. The zero-order valence-corrected chi connectivity index (χ0v) is 15.2. The molecule has 1 unspecified atom stereocenters. The Kier molecular flexibility index (Phi) is 8.18. The van der Waals surface area contributed by atoms with E-state index >= 15 is 0 Å². The third-order valence-corrected chi connectivity index (χ3v) is 6.62. The van der Waals surface area contributed by atoms with Crippen molar-refractivity contribution < 1.29 is 31.5 Å². The topological polar surface area (TPSA) is 97.5 Å². The zero-order valence-electron chi connectivity index (χ0n) is 14.4. The van der Waals surface area contributed by atoms with Crippen molar-refractivity contribution in [2.24, 2.45) is 11.7 Å². The molecule has 1 saturated carbocycles. The number of carboxylic acids is 1. The van der Waals surface area contributed by atoms with E-state index in [0.717, 1.165) is 38.5 Å². The number of carboxylic acid groups (broad SMARTS) is 1. The number of aliphatic carboxylic acids is 1. The standard InChI is InChI=1S/C16H28F3NO4S/c17-16(18,19)25(23,24)12-8-4-2-1-3-7-11-15(20,14(21)22)13-9-5-6-10-13/h13H,1-12,20H2,(H,21,22). The van der Waals surface area contributed by atoms with Crippen molar-refractivity contribution in [1.29, 1.82) is 0 Å². The second-order valence-electron chi connectivity index (χ2n) is 6.96. The SMILES string of the molecule is NC(CCCCCCCCS(=O)(=O)C(F)(F)F)(C(=O)O)C1CCCC1. The highest BCUT2D eigenvalue weighted by atomic mass is 32.2. The maximum atomic E-state index is 12.2. The normalized spacial score (nSPS) is 19.0. The highest BCUT2D eigenvalue weighted by Gasteiger charge is 2.44. The average molecular weight is 387 g/mol. The van der Waals surface area contributed by atoms with Crippen LogP contribution in [-0.2, 0) is 14.6 Å². The molecule has 148 valence electrons. The number of unbranched alkanes of at least 4 members (excludes halogenated alkanes) is 5. The minimum Gasteiger partial charge on any atom is -0.480 e. The third-order valence-electron chi connectivity index (χ3n) is 5.09. The molecule has 1 atom stereocenters. The summed E-state index contributed by atoms with van der Waals surface area (Å²) in [4.78, 5) is 11.5. The molecule has 0 spiro atoms. The number of hydrogen-bond donors (Lipinski definition) is 2. The largest absolute Gasteiger partial charge is 0.497 e. The first-order chi connectivity index (χ1) is 11.5. The Labute approximate surface area is 147 Å². The molecule has 0 bridgehead atoms. The van der Waals surface area contributed by atoms with Crippen LogP contribution in [0.3, 0.4) is 0 Å². The molecule has 0 aliphatic heterocycles. The van der Waals surface area contributed by atoms with Crippen molar-refractivity contribution in [2.75, 3.05) is 5.75 Å². The van der Waals surface area contributed by atoms with Gasteiger partial charge in [-0.3, -0.25) is 4.79 Å². The lowest BCUT2D eigenvalue weighted by Crippen LogP contribution is -2.53. The molecule has 25 heavy (non-hydrogen) atoms. The van der Waals surface area contributed by atoms with Crippen molar-refractivity contribution in [3.63, 3.8) is 0 Å². The Balaban J connectivity index is 2.20. The summed E-state index contributed by atoms with van der Waals surface area (Å²) in [7, 11) is -5.02. The van der Waals surface area contributed by atoms with Gasteiger partial charge in [0.25, 0.3) is 0 Å². The smallest absolute Gasteiger partial charge is 0.480 e. The van der Waals surface area contributed by atoms with Crippen molar-refractivity contribution in [1.82, 2.24) is 0 Å². The summed E-state index contributed by atoms with van der Waals surface area (Å²) in [6.45, 7) is 0. The van der Waals surface area contributed by atoms with E-state index in [1.54, 1.807) is 0 Å². The van der Waals surface area contributed by atoms with Crippen LogP contribution in [0.2, 0.25) is 0 Å². The van der Waals surface area contributed by atoms with Crippen molar-refractivity contribution in [2.45, 2.75) is 81.7 Å². The van der Waals surface area contributed by atoms with Crippen molar-refractivity contribution in [3.8, 4) is 0 Å². The highest BCUT2D eigenvalue weighted by Crippen LogP contribution is 2.36. The second kappa shape index (κ2) is 9.21. The predicted molar refractivity (Wildman–Crippen MR) is 88.7 cm³/mol. The van der Waals surface area contributed by atoms with Gasteiger partial charge in [0.15, 0.2) is 0 Å². The molecule has 5 nitrogen and oxygen atoms in total. The molecule has 0 aromatic heterocycles. The summed E-state index contributed by atoms with van der Waals surface area (Å²) in [5.74, 6) is -1.82. The lowest BCUT2D eigenvalue weighted by atomic mass is 9.79. The number of rotatable bonds is 11. The summed E-state index contributed by atoms with van der Waals surface area (Å²) in [5, 5.41) is 9.43. The van der Waals surface area contributed by atoms with Crippen LogP contribution in [0, 0.1) is 5.92 Å². The summed E-state index contributed by atoms with van der Waals surface area (Å²) < 4.78 is 58.3. The van der Waals surface area contributed by atoms with E-state index in [1.807, 2.05) is 0 Å². The van der Waals surface area contributed by atoms with Crippen LogP contribution in [0.4, 0.5) is 13.2 Å². The maximum Gasteiger partial charge on any atom is 0.497 e. The zero-order chi connectivity index (χ0) is 19.1. The lowest BCUT2D eigenvalue weighted by molar-refractivity contribution is -0.146. The first-order valence-corrected chi connectivity index (χ1v) is 10.5. The fourth-order valence-corrected chi connectivity index (χ4v) is 4.27. The van der Waals surface area contributed by atoms with Crippen LogP contribution in [0.25, 0.3) is 0 Å². The van der Waals surface area contributed by atoms with Gasteiger partial charge in [-0.15, -0.1) is 0 Å². The minimum atomic E-state index is -5.17. The van der Waals surface area contributed by atoms with Gasteiger partial charge >= 0.3 is 11.5 Å². The molecule has 0 amide bonds. The number of nitrogens with two attached hydrogens (primary N) is 1. The molecule has 1 fully saturated rings. The minimum absolute atomic E-state index is 0.0116. The van der Waals surface area contributed by atoms with Crippen LogP contribution in [0.1, 0.15) is 70.6 Å². The first kappa shape index (κ1) is 22.2. The molecule has 1 aliphatic carbocycles. The van der Waals surface area contributed by atoms with Gasteiger partial charge in [-0.2, -0.15) is 13.2 Å². The molecule has 0 heterocycles. The van der Waals surface area contributed by atoms with E-state index in [-0.39, 0.29) is 12.3 Å². The number of hydrogen-bond acceptors (Lipinski definition) is 4. The number of halogens is 3. The van der Waals surface area contributed by atoms with Gasteiger partial charge in [-0.05, 0) is 31.6 Å². The van der Waals surface area contributed by atoms with Crippen LogP contribution in [0.15, 0.2) is 0 Å². The summed E-state index contributed by atoms with van der Waals surface area (Å²) in [6.07, 6.45) is 7.25. The van der Waals surface area contributed by atoms with Crippen molar-refractivity contribution >= 4 is 15.8 Å². The fourth-order valence-electron chi connectivity index (χ4n) is 3.46. The molecular weight excluding hydrogens is 359 g/mol. The van der Waals surface area contributed by atoms with E-state index in [4.69, 9.17) is 5.73 Å². The molecule has 3 N–H and O–H groups in total. The highest BCUT2D eigenvalue weighted by molar-refractivity contribution is 7.92. The molecular formula is C16H28F3NO4S. The monoisotopic (exact) mass is 387 g/mol. The Morgan fingerprint density at radius 2 is 1.48 bits per heavy atom. The maximum absolute atomic E-state index is 12.2. The molecule has 9 heteroatoms. The third kappa shape index (κ3) is 6.44.